The molecule has 2 aromatic rings. The first-order valence-corrected chi connectivity index (χ1v) is 9.39. The predicted molar refractivity (Wildman–Crippen MR) is 97.5 cm³/mol. The average molecular weight is 408 g/mol. The number of fused-ring (bicyclic) bond motifs is 1. The largest absolute Gasteiger partial charge is 0.416 e. The van der Waals surface area contributed by atoms with E-state index in [9.17, 15) is 27.2 Å². The fourth-order valence-corrected chi connectivity index (χ4v) is 4.15. The van der Waals surface area contributed by atoms with Crippen LogP contribution < -0.4 is 5.56 Å². The highest BCUT2D eigenvalue weighted by Gasteiger charge is 2.41. The first kappa shape index (κ1) is 19.7. The van der Waals surface area contributed by atoms with Gasteiger partial charge in [-0.15, -0.1) is 0 Å². The van der Waals surface area contributed by atoms with Crippen molar-refractivity contribution in [2.75, 3.05) is 0 Å². The van der Waals surface area contributed by atoms with Crippen LogP contribution in [0.3, 0.4) is 0 Å². The number of hydrogen-bond donors (Lipinski definition) is 0. The molecule has 2 heterocycles. The summed E-state index contributed by atoms with van der Waals surface area (Å²) in [6.45, 7) is 2.08. The zero-order valence-electron chi connectivity index (χ0n) is 16.0. The minimum absolute atomic E-state index is 0.0785. The van der Waals surface area contributed by atoms with Crippen LogP contribution in [0.5, 0.6) is 0 Å². The Morgan fingerprint density at radius 2 is 1.83 bits per heavy atom. The number of alkyl halides is 3. The van der Waals surface area contributed by atoms with Crippen molar-refractivity contribution in [3.8, 4) is 0 Å². The highest BCUT2D eigenvalue weighted by Crippen LogP contribution is 2.50. The topological polar surface area (TPSA) is 42.3 Å². The van der Waals surface area contributed by atoms with Crippen molar-refractivity contribution in [3.63, 3.8) is 0 Å². The number of carbonyl (C=O) groups is 1. The molecule has 2 aliphatic rings. The third-order valence-corrected chi connectivity index (χ3v) is 6.10. The molecule has 0 bridgehead atoms. The summed E-state index contributed by atoms with van der Waals surface area (Å²) in [7, 11) is 1.50. The molecule has 29 heavy (non-hydrogen) atoms. The van der Waals surface area contributed by atoms with Gasteiger partial charge in [0.15, 0.2) is 5.82 Å². The van der Waals surface area contributed by atoms with Gasteiger partial charge in [0.1, 0.15) is 0 Å². The average Bonchev–Trinajstić information content (AvgIpc) is 3.29. The number of hydrogen-bond acceptors (Lipinski definition) is 2. The van der Waals surface area contributed by atoms with Gasteiger partial charge in [0.25, 0.3) is 5.56 Å². The van der Waals surface area contributed by atoms with E-state index in [1.54, 1.807) is 11.8 Å². The number of rotatable bonds is 3. The maximum atomic E-state index is 14.0. The molecule has 4 nitrogen and oxygen atoms in total. The summed E-state index contributed by atoms with van der Waals surface area (Å²) in [5, 5.41) is 0. The molecule has 0 spiro atoms. The second-order valence-corrected chi connectivity index (χ2v) is 7.90. The van der Waals surface area contributed by atoms with Crippen LogP contribution in [-0.4, -0.2) is 15.4 Å². The van der Waals surface area contributed by atoms with Crippen LogP contribution >= 0.6 is 0 Å². The number of halogens is 4. The van der Waals surface area contributed by atoms with E-state index in [4.69, 9.17) is 0 Å². The van der Waals surface area contributed by atoms with Gasteiger partial charge in [0, 0.05) is 25.7 Å². The van der Waals surface area contributed by atoms with Crippen LogP contribution in [0.1, 0.15) is 46.7 Å². The predicted octanol–water partition coefficient (Wildman–Crippen LogP) is 3.89. The lowest BCUT2D eigenvalue weighted by Gasteiger charge is -2.15. The Morgan fingerprint density at radius 1 is 1.17 bits per heavy atom. The quantitative estimate of drug-likeness (QED) is 0.724. The lowest BCUT2D eigenvalue weighted by atomic mass is 10.1. The van der Waals surface area contributed by atoms with Gasteiger partial charge in [-0.3, -0.25) is 9.59 Å². The van der Waals surface area contributed by atoms with Gasteiger partial charge in [0.05, 0.1) is 12.1 Å². The second kappa shape index (κ2) is 6.71. The van der Waals surface area contributed by atoms with E-state index >= 15 is 0 Å². The molecule has 1 aliphatic heterocycles. The molecule has 1 amide bonds. The maximum Gasteiger partial charge on any atom is 0.416 e. The van der Waals surface area contributed by atoms with E-state index in [2.05, 4.69) is 0 Å². The van der Waals surface area contributed by atoms with Crippen molar-refractivity contribution >= 4 is 5.91 Å². The molecule has 0 radical (unpaired) electrons. The number of pyridine rings is 1. The van der Waals surface area contributed by atoms with Gasteiger partial charge in [-0.05, 0) is 54.0 Å². The SMILES string of the molecule is Cc1c2c(n(C)c(=O)c1F)CN(C(=O)CC1CC1c1ccc(C(F)(F)F)cc1)C2. The van der Waals surface area contributed by atoms with E-state index in [1.165, 1.54) is 23.7 Å². The van der Waals surface area contributed by atoms with E-state index < -0.39 is 23.1 Å². The molecule has 0 saturated heterocycles. The van der Waals surface area contributed by atoms with Gasteiger partial charge in [0.2, 0.25) is 5.91 Å². The van der Waals surface area contributed by atoms with Crippen LogP contribution in [0.15, 0.2) is 29.1 Å². The fourth-order valence-electron chi connectivity index (χ4n) is 4.15. The summed E-state index contributed by atoms with van der Waals surface area (Å²) in [5.41, 5.74) is 1.04. The first-order chi connectivity index (χ1) is 13.6. The second-order valence-electron chi connectivity index (χ2n) is 7.90. The molecule has 1 aromatic heterocycles. The third-order valence-electron chi connectivity index (χ3n) is 6.10. The standard InChI is InChI=1S/C21H20F4N2O2/c1-11-16-9-27(10-17(16)26(2)20(29)19(11)22)18(28)8-13-7-15(13)12-3-5-14(6-4-12)21(23,24)25/h3-6,13,15H,7-10H2,1-2H3. The molecule has 1 aliphatic carbocycles. The molecule has 1 fully saturated rings. The molecular formula is C21H20F4N2O2. The lowest BCUT2D eigenvalue weighted by Crippen LogP contribution is -2.27. The molecule has 2 unspecified atom stereocenters. The molecule has 0 N–H and O–H groups in total. The summed E-state index contributed by atoms with van der Waals surface area (Å²) >= 11 is 0. The van der Waals surface area contributed by atoms with E-state index in [0.717, 1.165) is 24.1 Å². The van der Waals surface area contributed by atoms with Crippen molar-refractivity contribution in [1.82, 2.24) is 9.47 Å². The number of benzene rings is 1. The minimum atomic E-state index is -4.36. The highest BCUT2D eigenvalue weighted by atomic mass is 19.4. The third kappa shape index (κ3) is 3.45. The molecular weight excluding hydrogens is 388 g/mol. The van der Waals surface area contributed by atoms with Crippen LogP contribution in [-0.2, 0) is 31.1 Å². The number of amides is 1. The van der Waals surface area contributed by atoms with Crippen LogP contribution in [0.4, 0.5) is 17.6 Å². The molecule has 154 valence electrons. The molecule has 2 atom stereocenters. The summed E-state index contributed by atoms with van der Waals surface area (Å²) in [6, 6.07) is 5.10. The zero-order valence-corrected chi connectivity index (χ0v) is 16.0. The van der Waals surface area contributed by atoms with Crippen molar-refractivity contribution in [2.24, 2.45) is 13.0 Å². The Hall–Kier alpha value is -2.64. The number of aromatic nitrogens is 1. The molecule has 1 saturated carbocycles. The minimum Gasteiger partial charge on any atom is -0.332 e. The Morgan fingerprint density at radius 3 is 2.45 bits per heavy atom. The van der Waals surface area contributed by atoms with Gasteiger partial charge < -0.3 is 9.47 Å². The summed E-state index contributed by atoms with van der Waals surface area (Å²) in [5.74, 6) is -0.711. The van der Waals surface area contributed by atoms with Crippen LogP contribution in [0.2, 0.25) is 0 Å². The summed E-state index contributed by atoms with van der Waals surface area (Å²) < 4.78 is 53.3. The summed E-state index contributed by atoms with van der Waals surface area (Å²) in [6.07, 6.45) is -3.32. The monoisotopic (exact) mass is 408 g/mol. The summed E-state index contributed by atoms with van der Waals surface area (Å²) in [4.78, 5) is 26.2. The molecule has 8 heteroatoms. The van der Waals surface area contributed by atoms with Crippen molar-refractivity contribution < 1.29 is 22.4 Å². The van der Waals surface area contributed by atoms with Crippen molar-refractivity contribution in [2.45, 2.75) is 44.9 Å². The number of carbonyl (C=O) groups excluding carboxylic acids is 1. The van der Waals surface area contributed by atoms with Crippen LogP contribution in [0, 0.1) is 18.7 Å². The first-order valence-electron chi connectivity index (χ1n) is 9.39. The Balaban J connectivity index is 1.41. The van der Waals surface area contributed by atoms with E-state index in [0.29, 0.717) is 11.3 Å². The van der Waals surface area contributed by atoms with Gasteiger partial charge in [-0.2, -0.15) is 13.2 Å². The zero-order chi connectivity index (χ0) is 21.1. The molecule has 4 rings (SSSR count). The fraction of sp³-hybridized carbons (Fsp3) is 0.429. The van der Waals surface area contributed by atoms with Gasteiger partial charge in [-0.1, -0.05) is 12.1 Å². The van der Waals surface area contributed by atoms with Gasteiger partial charge >= 0.3 is 6.18 Å². The lowest BCUT2D eigenvalue weighted by molar-refractivity contribution is -0.137. The van der Waals surface area contributed by atoms with E-state index in [-0.39, 0.29) is 42.8 Å². The maximum absolute atomic E-state index is 14.0. The normalized spacial score (nSPS) is 20.7. The van der Waals surface area contributed by atoms with Gasteiger partial charge in [-0.25, -0.2) is 4.39 Å². The van der Waals surface area contributed by atoms with Crippen molar-refractivity contribution in [3.05, 3.63) is 68.4 Å². The molecule has 1 aromatic carbocycles. The Bertz CT molecular complexity index is 1040. The Labute approximate surface area is 164 Å². The Kier molecular flexibility index (Phi) is 4.55. The van der Waals surface area contributed by atoms with Crippen LogP contribution in [0.25, 0.3) is 0 Å². The van der Waals surface area contributed by atoms with Crippen molar-refractivity contribution in [1.29, 1.82) is 0 Å². The van der Waals surface area contributed by atoms with E-state index in [1.807, 2.05) is 0 Å². The highest BCUT2D eigenvalue weighted by molar-refractivity contribution is 5.77. The number of nitrogens with zero attached hydrogens (tertiary/aromatic N) is 2. The smallest absolute Gasteiger partial charge is 0.332 e.